The summed E-state index contributed by atoms with van der Waals surface area (Å²) in [5, 5.41) is 11.5. The Morgan fingerprint density at radius 3 is 2.81 bits per heavy atom. The van der Waals surface area contributed by atoms with E-state index in [1.165, 1.54) is 0 Å². The van der Waals surface area contributed by atoms with Gasteiger partial charge in [0.2, 0.25) is 0 Å². The number of aromatic nitrogens is 5. The number of rotatable bonds is 6. The molecule has 31 heavy (non-hydrogen) atoms. The smallest absolute Gasteiger partial charge is 0.258 e. The van der Waals surface area contributed by atoms with Crippen LogP contribution in [-0.2, 0) is 0 Å². The second-order valence-corrected chi connectivity index (χ2v) is 7.80. The third kappa shape index (κ3) is 3.84. The predicted octanol–water partition coefficient (Wildman–Crippen LogP) is 3.99. The molecule has 1 aliphatic carbocycles. The molecule has 156 valence electrons. The molecule has 1 fully saturated rings. The maximum Gasteiger partial charge on any atom is 0.258 e. The first-order chi connectivity index (χ1) is 15.1. The van der Waals surface area contributed by atoms with Gasteiger partial charge in [0.05, 0.1) is 23.5 Å². The van der Waals surface area contributed by atoms with Gasteiger partial charge in [-0.25, -0.2) is 9.67 Å². The summed E-state index contributed by atoms with van der Waals surface area (Å²) >= 11 is 0. The summed E-state index contributed by atoms with van der Waals surface area (Å²) in [5.41, 5.74) is 3.01. The van der Waals surface area contributed by atoms with E-state index in [9.17, 15) is 4.79 Å². The quantitative estimate of drug-likeness (QED) is 0.512. The minimum atomic E-state index is -0.178. The molecule has 8 nitrogen and oxygen atoms in total. The second-order valence-electron chi connectivity index (χ2n) is 7.80. The number of carbonyl (C=O) groups excluding carboxylic acids is 1. The van der Waals surface area contributed by atoms with Gasteiger partial charge in [0.25, 0.3) is 11.8 Å². The predicted molar refractivity (Wildman–Crippen MR) is 114 cm³/mol. The molecule has 1 aliphatic rings. The normalized spacial score (nSPS) is 14.4. The van der Waals surface area contributed by atoms with Crippen LogP contribution in [0.3, 0.4) is 0 Å². The average molecular weight is 414 g/mol. The number of amides is 1. The van der Waals surface area contributed by atoms with Crippen molar-refractivity contribution in [1.82, 2.24) is 30.2 Å². The molecular formula is C23H22N6O2. The molecule has 3 aromatic heterocycles. The first-order valence-electron chi connectivity index (χ1n) is 10.3. The van der Waals surface area contributed by atoms with E-state index in [1.807, 2.05) is 56.3 Å². The van der Waals surface area contributed by atoms with Gasteiger partial charge in [0, 0.05) is 17.7 Å². The van der Waals surface area contributed by atoms with Gasteiger partial charge in [0.15, 0.2) is 11.6 Å². The van der Waals surface area contributed by atoms with Crippen LogP contribution in [0.15, 0.2) is 59.4 Å². The fourth-order valence-corrected chi connectivity index (χ4v) is 3.49. The Hall–Kier alpha value is -3.81. The monoisotopic (exact) mass is 414 g/mol. The van der Waals surface area contributed by atoms with Gasteiger partial charge in [-0.05, 0) is 44.4 Å². The summed E-state index contributed by atoms with van der Waals surface area (Å²) in [6.45, 7) is 3.81. The van der Waals surface area contributed by atoms with E-state index in [0.717, 1.165) is 29.8 Å². The molecule has 0 bridgehead atoms. The molecule has 8 heteroatoms. The van der Waals surface area contributed by atoms with Gasteiger partial charge in [-0.15, -0.1) is 0 Å². The van der Waals surface area contributed by atoms with E-state index in [1.54, 1.807) is 17.1 Å². The lowest BCUT2D eigenvalue weighted by Crippen LogP contribution is -2.27. The van der Waals surface area contributed by atoms with Gasteiger partial charge in [-0.3, -0.25) is 4.79 Å². The molecule has 0 aliphatic heterocycles. The van der Waals surface area contributed by atoms with Crippen LogP contribution >= 0.6 is 0 Å². The summed E-state index contributed by atoms with van der Waals surface area (Å²) in [7, 11) is 0. The van der Waals surface area contributed by atoms with E-state index in [2.05, 4.69) is 25.5 Å². The zero-order valence-corrected chi connectivity index (χ0v) is 17.3. The maximum absolute atomic E-state index is 12.8. The average Bonchev–Trinajstić information content (AvgIpc) is 3.39. The van der Waals surface area contributed by atoms with Crippen molar-refractivity contribution >= 4 is 5.91 Å². The van der Waals surface area contributed by atoms with Gasteiger partial charge < -0.3 is 9.84 Å². The van der Waals surface area contributed by atoms with Gasteiger partial charge in [-0.1, -0.05) is 35.5 Å². The Balaban J connectivity index is 1.37. The second kappa shape index (κ2) is 7.79. The van der Waals surface area contributed by atoms with Crippen LogP contribution in [0.2, 0.25) is 0 Å². The molecule has 1 saturated carbocycles. The van der Waals surface area contributed by atoms with Crippen molar-refractivity contribution < 1.29 is 9.32 Å². The summed E-state index contributed by atoms with van der Waals surface area (Å²) in [6.07, 6.45) is 5.46. The Morgan fingerprint density at radius 1 is 1.23 bits per heavy atom. The summed E-state index contributed by atoms with van der Waals surface area (Å²) in [6, 6.07) is 13.4. The summed E-state index contributed by atoms with van der Waals surface area (Å²) in [5.74, 6) is 2.05. The van der Waals surface area contributed by atoms with Crippen LogP contribution in [0.25, 0.3) is 17.3 Å². The van der Waals surface area contributed by atoms with E-state index in [0.29, 0.717) is 28.9 Å². The van der Waals surface area contributed by atoms with Gasteiger partial charge >= 0.3 is 0 Å². The minimum Gasteiger partial charge on any atom is -0.345 e. The van der Waals surface area contributed by atoms with Gasteiger partial charge in [-0.2, -0.15) is 10.1 Å². The molecular weight excluding hydrogens is 392 g/mol. The lowest BCUT2D eigenvalue weighted by Gasteiger charge is -2.14. The van der Waals surface area contributed by atoms with Crippen LogP contribution in [0.4, 0.5) is 0 Å². The number of hydrogen-bond donors (Lipinski definition) is 1. The minimum absolute atomic E-state index is 0.115. The van der Waals surface area contributed by atoms with Crippen molar-refractivity contribution in [1.29, 1.82) is 0 Å². The Bertz CT molecular complexity index is 1230. The van der Waals surface area contributed by atoms with Crippen LogP contribution < -0.4 is 5.32 Å². The Kier molecular flexibility index (Phi) is 4.82. The zero-order chi connectivity index (χ0) is 21.4. The highest BCUT2D eigenvalue weighted by molar-refractivity contribution is 5.95. The number of nitrogens with zero attached hydrogens (tertiary/aromatic N) is 5. The molecule has 1 aromatic carbocycles. The van der Waals surface area contributed by atoms with Crippen LogP contribution in [-0.4, -0.2) is 30.8 Å². The van der Waals surface area contributed by atoms with E-state index >= 15 is 0 Å². The number of carbonyl (C=O) groups is 1. The number of benzene rings is 1. The first-order valence-corrected chi connectivity index (χ1v) is 10.3. The molecule has 0 radical (unpaired) electrons. The highest BCUT2D eigenvalue weighted by atomic mass is 16.5. The number of pyridine rings is 1. The molecule has 4 aromatic rings. The first kappa shape index (κ1) is 19.2. The number of hydrogen-bond acceptors (Lipinski definition) is 6. The molecule has 1 N–H and O–H groups in total. The topological polar surface area (TPSA) is 98.7 Å². The molecule has 5 rings (SSSR count). The lowest BCUT2D eigenvalue weighted by atomic mass is 10.1. The molecule has 0 saturated heterocycles. The van der Waals surface area contributed by atoms with Crippen molar-refractivity contribution in [2.24, 2.45) is 0 Å². The summed E-state index contributed by atoms with van der Waals surface area (Å²) in [4.78, 5) is 21.7. The molecule has 0 unspecified atom stereocenters. The van der Waals surface area contributed by atoms with Crippen molar-refractivity contribution in [2.45, 2.75) is 38.6 Å². The fourth-order valence-electron chi connectivity index (χ4n) is 3.49. The fraction of sp³-hybridized carbons (Fsp3) is 0.261. The van der Waals surface area contributed by atoms with E-state index in [-0.39, 0.29) is 11.9 Å². The molecule has 3 heterocycles. The third-order valence-corrected chi connectivity index (χ3v) is 5.50. The molecule has 0 spiro atoms. The van der Waals surface area contributed by atoms with Crippen LogP contribution in [0.5, 0.6) is 0 Å². The largest absolute Gasteiger partial charge is 0.345 e. The summed E-state index contributed by atoms with van der Waals surface area (Å²) < 4.78 is 7.06. The van der Waals surface area contributed by atoms with Crippen molar-refractivity contribution in [2.75, 3.05) is 0 Å². The molecule has 1 amide bonds. The van der Waals surface area contributed by atoms with E-state index < -0.39 is 0 Å². The third-order valence-electron chi connectivity index (χ3n) is 5.50. The Labute approximate surface area is 179 Å². The lowest BCUT2D eigenvalue weighted by molar-refractivity contribution is 0.0939. The highest BCUT2D eigenvalue weighted by Crippen LogP contribution is 2.38. The number of nitrogens with one attached hydrogen (secondary N) is 1. The zero-order valence-electron chi connectivity index (χ0n) is 17.3. The van der Waals surface area contributed by atoms with E-state index in [4.69, 9.17) is 4.52 Å². The maximum atomic E-state index is 12.8. The Morgan fingerprint density at radius 2 is 2.03 bits per heavy atom. The molecule has 1 atom stereocenters. The van der Waals surface area contributed by atoms with Crippen molar-refractivity contribution in [3.63, 3.8) is 0 Å². The highest BCUT2D eigenvalue weighted by Gasteiger charge is 2.29. The van der Waals surface area contributed by atoms with Gasteiger partial charge in [0.1, 0.15) is 0 Å². The standard InChI is InChI=1S/C23H22N6O2/c1-14(16-6-4-3-5-7-16)26-22(30)19-13-25-29(15(19)2)20-12-18(10-11-24-20)23-27-21(28-31-23)17-8-9-17/h3-7,10-14,17H,8-9H2,1-2H3,(H,26,30)/t14-/m1/s1. The SMILES string of the molecule is Cc1c(C(=O)N[C@H](C)c2ccccc2)cnn1-c1cc(-c2nc(C3CC3)no2)ccn1. The van der Waals surface area contributed by atoms with Crippen LogP contribution in [0.1, 0.15) is 59.2 Å². The van der Waals surface area contributed by atoms with Crippen molar-refractivity contribution in [3.8, 4) is 17.3 Å². The van der Waals surface area contributed by atoms with Crippen LogP contribution in [0, 0.1) is 6.92 Å². The van der Waals surface area contributed by atoms with Crippen molar-refractivity contribution in [3.05, 3.63) is 77.5 Å².